The van der Waals surface area contributed by atoms with E-state index in [4.69, 9.17) is 4.74 Å². The van der Waals surface area contributed by atoms with Crippen molar-refractivity contribution in [3.05, 3.63) is 35.9 Å². The molecule has 1 aliphatic rings. The third-order valence-electron chi connectivity index (χ3n) is 2.69. The quantitative estimate of drug-likeness (QED) is 0.851. The van der Waals surface area contributed by atoms with Crippen molar-refractivity contribution in [2.75, 3.05) is 6.67 Å². The number of halogens is 1. The predicted octanol–water partition coefficient (Wildman–Crippen LogP) is 2.41. The molecule has 1 fully saturated rings. The fourth-order valence-corrected chi connectivity index (χ4v) is 1.42. The highest BCUT2D eigenvalue weighted by molar-refractivity contribution is 5.69. The van der Waals surface area contributed by atoms with E-state index in [1.54, 1.807) is 0 Å². The van der Waals surface area contributed by atoms with E-state index in [1.807, 2.05) is 30.3 Å². The fraction of sp³-hybridized carbons (Fsp3) is 0.417. The number of nitrogens with one attached hydrogen (secondary N) is 1. The Bertz CT molecular complexity index is 363. The lowest BCUT2D eigenvalue weighted by atomic mass is 10.2. The molecule has 0 bridgehead atoms. The van der Waals surface area contributed by atoms with Gasteiger partial charge in [0.05, 0.1) is 5.54 Å². The number of hydrogen-bond donors (Lipinski definition) is 1. The molecule has 0 unspecified atom stereocenters. The molecule has 1 amide bonds. The van der Waals surface area contributed by atoms with Crippen molar-refractivity contribution in [1.29, 1.82) is 0 Å². The average molecular weight is 223 g/mol. The van der Waals surface area contributed by atoms with Crippen molar-refractivity contribution < 1.29 is 13.9 Å². The molecule has 0 spiro atoms. The predicted molar refractivity (Wildman–Crippen MR) is 57.7 cm³/mol. The topological polar surface area (TPSA) is 38.3 Å². The van der Waals surface area contributed by atoms with E-state index in [-0.39, 0.29) is 6.61 Å². The van der Waals surface area contributed by atoms with Gasteiger partial charge < -0.3 is 10.1 Å². The third-order valence-corrected chi connectivity index (χ3v) is 2.69. The van der Waals surface area contributed by atoms with Crippen LogP contribution in [-0.2, 0) is 11.3 Å². The van der Waals surface area contributed by atoms with Crippen LogP contribution in [0, 0.1) is 0 Å². The first-order valence-electron chi connectivity index (χ1n) is 5.29. The number of ether oxygens (including phenoxy) is 1. The van der Waals surface area contributed by atoms with Gasteiger partial charge in [-0.15, -0.1) is 0 Å². The summed E-state index contributed by atoms with van der Waals surface area (Å²) in [6.07, 6.45) is 0.854. The number of hydrogen-bond acceptors (Lipinski definition) is 2. The number of alkyl halides is 1. The average Bonchev–Trinajstić information content (AvgIpc) is 3.08. The minimum absolute atomic E-state index is 0.217. The number of alkyl carbamates (subject to hydrolysis) is 1. The van der Waals surface area contributed by atoms with Gasteiger partial charge in [-0.05, 0) is 18.4 Å². The van der Waals surface area contributed by atoms with Gasteiger partial charge in [0.25, 0.3) is 0 Å². The molecule has 4 heteroatoms. The molecule has 86 valence electrons. The summed E-state index contributed by atoms with van der Waals surface area (Å²) in [6, 6.07) is 9.39. The normalized spacial score (nSPS) is 16.6. The first-order valence-corrected chi connectivity index (χ1v) is 5.29. The molecule has 1 N–H and O–H groups in total. The molecule has 0 atom stereocenters. The van der Waals surface area contributed by atoms with E-state index in [0.717, 1.165) is 5.56 Å². The highest BCUT2D eigenvalue weighted by Crippen LogP contribution is 2.35. The van der Waals surface area contributed by atoms with Gasteiger partial charge in [0.15, 0.2) is 0 Å². The zero-order chi connectivity index (χ0) is 11.4. The van der Waals surface area contributed by atoms with Crippen molar-refractivity contribution in [3.8, 4) is 0 Å². The van der Waals surface area contributed by atoms with Gasteiger partial charge in [-0.3, -0.25) is 0 Å². The monoisotopic (exact) mass is 223 g/mol. The van der Waals surface area contributed by atoms with Gasteiger partial charge in [0.2, 0.25) is 0 Å². The number of rotatable bonds is 4. The standard InChI is InChI=1S/C12H14FNO2/c13-9-12(6-7-12)14-11(15)16-8-10-4-2-1-3-5-10/h1-5H,6-9H2,(H,14,15). The Morgan fingerprint density at radius 1 is 1.38 bits per heavy atom. The van der Waals surface area contributed by atoms with Crippen molar-refractivity contribution in [1.82, 2.24) is 5.32 Å². The maximum absolute atomic E-state index is 12.5. The maximum Gasteiger partial charge on any atom is 0.407 e. The number of benzene rings is 1. The Kier molecular flexibility index (Phi) is 3.08. The molecule has 1 saturated carbocycles. The molecule has 2 rings (SSSR count). The summed E-state index contributed by atoms with van der Waals surface area (Å²) >= 11 is 0. The van der Waals surface area contributed by atoms with E-state index < -0.39 is 18.3 Å². The Hall–Kier alpha value is -1.58. The molecule has 1 aromatic rings. The second-order valence-electron chi connectivity index (χ2n) is 4.10. The first-order chi connectivity index (χ1) is 7.74. The van der Waals surface area contributed by atoms with Gasteiger partial charge in [-0.1, -0.05) is 30.3 Å². The Morgan fingerprint density at radius 3 is 2.62 bits per heavy atom. The largest absolute Gasteiger partial charge is 0.445 e. The first kappa shape index (κ1) is 10.9. The van der Waals surface area contributed by atoms with Gasteiger partial charge in [-0.2, -0.15) is 0 Å². The molecule has 0 aliphatic heterocycles. The van der Waals surface area contributed by atoms with Crippen LogP contribution in [0.4, 0.5) is 9.18 Å². The van der Waals surface area contributed by atoms with Gasteiger partial charge in [0.1, 0.15) is 13.3 Å². The van der Waals surface area contributed by atoms with Crippen LogP contribution in [0.2, 0.25) is 0 Å². The molecule has 1 aliphatic carbocycles. The summed E-state index contributed by atoms with van der Waals surface area (Å²) < 4.78 is 17.5. The van der Waals surface area contributed by atoms with Crippen molar-refractivity contribution in [2.24, 2.45) is 0 Å². The zero-order valence-corrected chi connectivity index (χ0v) is 8.91. The van der Waals surface area contributed by atoms with Gasteiger partial charge >= 0.3 is 6.09 Å². The van der Waals surface area contributed by atoms with Gasteiger partial charge in [-0.25, -0.2) is 9.18 Å². The van der Waals surface area contributed by atoms with Crippen molar-refractivity contribution in [2.45, 2.75) is 25.0 Å². The van der Waals surface area contributed by atoms with Crippen LogP contribution in [0.15, 0.2) is 30.3 Å². The highest BCUT2D eigenvalue weighted by Gasteiger charge is 2.44. The van der Waals surface area contributed by atoms with Crippen molar-refractivity contribution >= 4 is 6.09 Å². The number of amides is 1. The van der Waals surface area contributed by atoms with E-state index in [9.17, 15) is 9.18 Å². The van der Waals surface area contributed by atoms with E-state index in [0.29, 0.717) is 12.8 Å². The molecule has 0 aromatic heterocycles. The summed E-state index contributed by atoms with van der Waals surface area (Å²) in [5.74, 6) is 0. The minimum Gasteiger partial charge on any atom is -0.445 e. The third kappa shape index (κ3) is 2.72. The van der Waals surface area contributed by atoms with E-state index >= 15 is 0 Å². The fourth-order valence-electron chi connectivity index (χ4n) is 1.42. The number of carbonyl (C=O) groups excluding carboxylic acids is 1. The Morgan fingerprint density at radius 2 is 2.06 bits per heavy atom. The lowest BCUT2D eigenvalue weighted by Crippen LogP contribution is -2.38. The van der Waals surface area contributed by atoms with Crippen LogP contribution in [-0.4, -0.2) is 18.3 Å². The second kappa shape index (κ2) is 4.51. The smallest absolute Gasteiger partial charge is 0.407 e. The van der Waals surface area contributed by atoms with E-state index in [2.05, 4.69) is 5.32 Å². The number of carbonyl (C=O) groups is 1. The minimum atomic E-state index is -0.631. The summed E-state index contributed by atoms with van der Waals surface area (Å²) in [6.45, 7) is -0.303. The molecule has 16 heavy (non-hydrogen) atoms. The van der Waals surface area contributed by atoms with Crippen LogP contribution in [0.5, 0.6) is 0 Å². The van der Waals surface area contributed by atoms with Crippen LogP contribution >= 0.6 is 0 Å². The summed E-state index contributed by atoms with van der Waals surface area (Å²) in [5.41, 5.74) is 0.288. The van der Waals surface area contributed by atoms with Gasteiger partial charge in [0, 0.05) is 0 Å². The van der Waals surface area contributed by atoms with E-state index in [1.165, 1.54) is 0 Å². The molecule has 0 saturated heterocycles. The summed E-state index contributed by atoms with van der Waals surface area (Å²) in [7, 11) is 0. The summed E-state index contributed by atoms with van der Waals surface area (Å²) in [4.78, 5) is 11.3. The Balaban J connectivity index is 1.76. The van der Waals surface area contributed by atoms with Crippen LogP contribution in [0.1, 0.15) is 18.4 Å². The molecule has 1 aromatic carbocycles. The Labute approximate surface area is 93.6 Å². The molecule has 0 heterocycles. The molecular formula is C12H14FNO2. The SMILES string of the molecule is O=C(NC1(CF)CC1)OCc1ccccc1. The molecule has 3 nitrogen and oxygen atoms in total. The molecular weight excluding hydrogens is 209 g/mol. The maximum atomic E-state index is 12.5. The lowest BCUT2D eigenvalue weighted by molar-refractivity contribution is 0.132. The lowest BCUT2D eigenvalue weighted by Gasteiger charge is -2.13. The highest BCUT2D eigenvalue weighted by atomic mass is 19.1. The van der Waals surface area contributed by atoms with Crippen LogP contribution in [0.3, 0.4) is 0 Å². The van der Waals surface area contributed by atoms with Crippen molar-refractivity contribution in [3.63, 3.8) is 0 Å². The second-order valence-corrected chi connectivity index (χ2v) is 4.10. The van der Waals surface area contributed by atoms with Crippen LogP contribution < -0.4 is 5.32 Å². The zero-order valence-electron chi connectivity index (χ0n) is 8.91. The molecule has 0 radical (unpaired) electrons. The summed E-state index contributed by atoms with van der Waals surface area (Å²) in [5, 5.41) is 2.55. The van der Waals surface area contributed by atoms with Crippen LogP contribution in [0.25, 0.3) is 0 Å².